The van der Waals surface area contributed by atoms with Crippen LogP contribution in [0.2, 0.25) is 5.02 Å². The normalized spacial score (nSPS) is 20.8. The summed E-state index contributed by atoms with van der Waals surface area (Å²) >= 11 is 6.23. The Morgan fingerprint density at radius 2 is 1.93 bits per heavy atom. The van der Waals surface area contributed by atoms with Gasteiger partial charge in [0, 0.05) is 29.4 Å². The van der Waals surface area contributed by atoms with Gasteiger partial charge in [0.1, 0.15) is 18.0 Å². The van der Waals surface area contributed by atoms with Crippen molar-refractivity contribution in [2.75, 3.05) is 11.9 Å². The molecule has 0 bridgehead atoms. The number of aliphatic hydroxyl groups is 1. The summed E-state index contributed by atoms with van der Waals surface area (Å²) < 4.78 is 38.3. The van der Waals surface area contributed by atoms with Gasteiger partial charge in [-0.15, -0.1) is 0 Å². The van der Waals surface area contributed by atoms with Gasteiger partial charge in [0.05, 0.1) is 22.9 Å². The molecule has 0 spiro atoms. The van der Waals surface area contributed by atoms with E-state index in [9.17, 15) is 18.3 Å². The van der Waals surface area contributed by atoms with Crippen LogP contribution in [0.4, 0.5) is 18.9 Å². The van der Waals surface area contributed by atoms with Crippen molar-refractivity contribution in [1.29, 1.82) is 0 Å². The minimum atomic E-state index is -4.40. The third-order valence-corrected chi connectivity index (χ3v) is 4.92. The standard InChI is InChI=1S/C20H17ClF3N5O/c21-14-2-1-7-25-17(14)11-8-15-18(26-9-11)19(29-16(10-30)28-15)27-13-5-3-12(4-6-13)20(22,23)24/h1-9,16,18,26,28,30H,10H2,(H,27,29). The van der Waals surface area contributed by atoms with Crippen LogP contribution in [0, 0.1) is 0 Å². The fourth-order valence-corrected chi connectivity index (χ4v) is 3.42. The number of allylic oxidation sites excluding steroid dienone is 2. The quantitative estimate of drug-likeness (QED) is 0.594. The number of hydrogen-bond donors (Lipinski definition) is 4. The Hall–Kier alpha value is -3.04. The number of fused-ring (bicyclic) bond motifs is 1. The lowest BCUT2D eigenvalue weighted by molar-refractivity contribution is -0.137. The average molecular weight is 436 g/mol. The molecule has 0 saturated carbocycles. The first-order valence-corrected chi connectivity index (χ1v) is 9.41. The summed E-state index contributed by atoms with van der Waals surface area (Å²) in [6.07, 6.45) is 0.219. The average Bonchev–Trinajstić information content (AvgIpc) is 2.73. The third-order valence-electron chi connectivity index (χ3n) is 4.62. The van der Waals surface area contributed by atoms with Crippen LogP contribution >= 0.6 is 11.6 Å². The molecule has 0 amide bonds. The Balaban J connectivity index is 1.59. The summed E-state index contributed by atoms with van der Waals surface area (Å²) in [5.41, 5.74) is 1.78. The number of halogens is 4. The molecule has 2 aromatic rings. The van der Waals surface area contributed by atoms with Gasteiger partial charge in [-0.1, -0.05) is 11.6 Å². The van der Waals surface area contributed by atoms with Crippen LogP contribution in [0.5, 0.6) is 0 Å². The van der Waals surface area contributed by atoms with Crippen LogP contribution in [0.15, 0.2) is 65.6 Å². The van der Waals surface area contributed by atoms with Gasteiger partial charge in [0.15, 0.2) is 0 Å². The van der Waals surface area contributed by atoms with Crippen molar-refractivity contribution in [2.24, 2.45) is 4.99 Å². The molecular weight excluding hydrogens is 419 g/mol. The van der Waals surface area contributed by atoms with Crippen LogP contribution in [0.1, 0.15) is 11.3 Å². The molecule has 0 saturated heterocycles. The molecule has 1 aromatic heterocycles. The second-order valence-corrected chi connectivity index (χ2v) is 7.10. The molecule has 2 aliphatic rings. The number of aromatic nitrogens is 1. The minimum absolute atomic E-state index is 0.258. The van der Waals surface area contributed by atoms with Crippen molar-refractivity contribution in [3.63, 3.8) is 0 Å². The van der Waals surface area contributed by atoms with E-state index in [1.165, 1.54) is 12.1 Å². The molecule has 2 atom stereocenters. The first kappa shape index (κ1) is 20.2. The molecule has 0 fully saturated rings. The predicted molar refractivity (Wildman–Crippen MR) is 109 cm³/mol. The van der Waals surface area contributed by atoms with E-state index in [2.05, 4.69) is 25.9 Å². The molecule has 3 heterocycles. The number of amidine groups is 1. The fraction of sp³-hybridized carbons (Fsp3) is 0.200. The summed E-state index contributed by atoms with van der Waals surface area (Å²) in [6.45, 7) is -0.258. The highest BCUT2D eigenvalue weighted by molar-refractivity contribution is 6.32. The lowest BCUT2D eigenvalue weighted by Gasteiger charge is -2.34. The molecule has 10 heteroatoms. The first-order valence-electron chi connectivity index (χ1n) is 9.03. The number of rotatable bonds is 3. The van der Waals surface area contributed by atoms with E-state index in [0.717, 1.165) is 23.4 Å². The Bertz CT molecular complexity index is 1030. The summed E-state index contributed by atoms with van der Waals surface area (Å²) in [6, 6.07) is 7.74. The predicted octanol–water partition coefficient (Wildman–Crippen LogP) is 3.38. The zero-order chi connectivity index (χ0) is 21.3. The zero-order valence-electron chi connectivity index (χ0n) is 15.4. The number of aliphatic hydroxyl groups excluding tert-OH is 1. The molecule has 4 N–H and O–H groups in total. The van der Waals surface area contributed by atoms with Crippen molar-refractivity contribution in [3.8, 4) is 0 Å². The van der Waals surface area contributed by atoms with Crippen molar-refractivity contribution in [3.05, 3.63) is 76.8 Å². The van der Waals surface area contributed by atoms with Crippen molar-refractivity contribution >= 4 is 28.7 Å². The highest BCUT2D eigenvalue weighted by Gasteiger charge is 2.32. The monoisotopic (exact) mass is 435 g/mol. The van der Waals surface area contributed by atoms with Gasteiger partial charge < -0.3 is 21.1 Å². The Kier molecular flexibility index (Phi) is 5.40. The number of hydrogen-bond acceptors (Lipinski definition) is 6. The van der Waals surface area contributed by atoms with E-state index in [1.807, 2.05) is 6.08 Å². The van der Waals surface area contributed by atoms with E-state index < -0.39 is 23.9 Å². The van der Waals surface area contributed by atoms with Crippen LogP contribution in [0.3, 0.4) is 0 Å². The molecule has 1 aromatic carbocycles. The van der Waals surface area contributed by atoms with Gasteiger partial charge in [-0.25, -0.2) is 4.99 Å². The van der Waals surface area contributed by atoms with Gasteiger partial charge >= 0.3 is 6.18 Å². The van der Waals surface area contributed by atoms with E-state index in [4.69, 9.17) is 11.6 Å². The number of aliphatic imine (C=N–C) groups is 1. The van der Waals surface area contributed by atoms with E-state index in [1.54, 1.807) is 24.5 Å². The molecule has 2 unspecified atom stereocenters. The van der Waals surface area contributed by atoms with Gasteiger partial charge in [-0.3, -0.25) is 4.98 Å². The summed E-state index contributed by atoms with van der Waals surface area (Å²) in [5, 5.41) is 19.5. The number of nitrogens with one attached hydrogen (secondary N) is 3. The van der Waals surface area contributed by atoms with Gasteiger partial charge in [-0.2, -0.15) is 13.2 Å². The molecule has 0 radical (unpaired) electrons. The Labute approximate surface area is 175 Å². The first-order chi connectivity index (χ1) is 14.3. The van der Waals surface area contributed by atoms with Crippen molar-refractivity contribution < 1.29 is 18.3 Å². The van der Waals surface area contributed by atoms with E-state index in [0.29, 0.717) is 22.2 Å². The molecule has 30 heavy (non-hydrogen) atoms. The van der Waals surface area contributed by atoms with Gasteiger partial charge in [-0.05, 0) is 42.5 Å². The molecule has 6 nitrogen and oxygen atoms in total. The van der Waals surface area contributed by atoms with Gasteiger partial charge in [0.25, 0.3) is 0 Å². The number of nitrogens with zero attached hydrogens (tertiary/aromatic N) is 2. The minimum Gasteiger partial charge on any atom is -0.392 e. The SMILES string of the molecule is OCC1N=C(Nc2ccc(C(F)(F)F)cc2)C2NC=C(c3ncccc3Cl)C=C2N1. The molecule has 0 aliphatic carbocycles. The summed E-state index contributed by atoms with van der Waals surface area (Å²) in [5.74, 6) is 0.459. The van der Waals surface area contributed by atoms with Crippen LogP contribution in [0.25, 0.3) is 5.57 Å². The second kappa shape index (κ2) is 8.00. The Morgan fingerprint density at radius 1 is 1.17 bits per heavy atom. The highest BCUT2D eigenvalue weighted by Crippen LogP contribution is 2.30. The number of alkyl halides is 3. The lowest BCUT2D eigenvalue weighted by atomic mass is 10.0. The molecule has 2 aliphatic heterocycles. The van der Waals surface area contributed by atoms with E-state index in [-0.39, 0.29) is 6.61 Å². The van der Waals surface area contributed by atoms with Gasteiger partial charge in [0.2, 0.25) is 0 Å². The van der Waals surface area contributed by atoms with Crippen molar-refractivity contribution in [2.45, 2.75) is 18.4 Å². The number of anilines is 1. The maximum absolute atomic E-state index is 12.8. The van der Waals surface area contributed by atoms with Crippen LogP contribution in [-0.4, -0.2) is 34.7 Å². The third kappa shape index (κ3) is 4.12. The maximum Gasteiger partial charge on any atom is 0.416 e. The summed E-state index contributed by atoms with van der Waals surface area (Å²) in [7, 11) is 0. The number of dihydropyridines is 1. The summed E-state index contributed by atoms with van der Waals surface area (Å²) in [4.78, 5) is 8.71. The van der Waals surface area contributed by atoms with E-state index >= 15 is 0 Å². The topological polar surface area (TPSA) is 81.6 Å². The second-order valence-electron chi connectivity index (χ2n) is 6.69. The van der Waals surface area contributed by atoms with Crippen LogP contribution < -0.4 is 16.0 Å². The number of benzene rings is 1. The van der Waals surface area contributed by atoms with Crippen LogP contribution in [-0.2, 0) is 6.18 Å². The molecular formula is C20H17ClF3N5O. The smallest absolute Gasteiger partial charge is 0.392 e. The largest absolute Gasteiger partial charge is 0.416 e. The zero-order valence-corrected chi connectivity index (χ0v) is 16.2. The lowest BCUT2D eigenvalue weighted by Crippen LogP contribution is -2.52. The highest BCUT2D eigenvalue weighted by atomic mass is 35.5. The maximum atomic E-state index is 12.8. The Morgan fingerprint density at radius 3 is 2.60 bits per heavy atom. The number of pyridine rings is 1. The molecule has 4 rings (SSSR count). The molecule has 156 valence electrons. The van der Waals surface area contributed by atoms with Crippen molar-refractivity contribution in [1.82, 2.24) is 15.6 Å². The fourth-order valence-electron chi connectivity index (χ4n) is 3.19.